The van der Waals surface area contributed by atoms with Gasteiger partial charge in [0.1, 0.15) is 10.7 Å². The Hall–Kier alpha value is -2.46. The maximum atomic E-state index is 6.19. The predicted molar refractivity (Wildman–Crippen MR) is 123 cm³/mol. The van der Waals surface area contributed by atoms with E-state index >= 15 is 0 Å². The fourth-order valence-corrected chi connectivity index (χ4v) is 4.18. The molecule has 0 saturated heterocycles. The van der Waals surface area contributed by atoms with Gasteiger partial charge in [0.15, 0.2) is 11.6 Å². The topological polar surface area (TPSA) is 59.7 Å². The number of halogens is 1. The van der Waals surface area contributed by atoms with Crippen LogP contribution in [-0.4, -0.2) is 10.9 Å². The molecule has 2 aliphatic rings. The molecule has 4 rings (SSSR count). The largest absolute Gasteiger partial charge is 0.366 e. The molecule has 5 nitrogen and oxygen atoms in total. The van der Waals surface area contributed by atoms with Crippen LogP contribution in [0.4, 0.5) is 5.82 Å². The van der Waals surface area contributed by atoms with Crippen molar-refractivity contribution in [3.63, 3.8) is 0 Å². The summed E-state index contributed by atoms with van der Waals surface area (Å²) in [7, 11) is 0. The Bertz CT molecular complexity index is 1150. The maximum absolute atomic E-state index is 6.19. The Morgan fingerprint density at radius 1 is 1.23 bits per heavy atom. The second-order valence-corrected chi connectivity index (χ2v) is 8.87. The average molecular weight is 440 g/mol. The third kappa shape index (κ3) is 4.20. The van der Waals surface area contributed by atoms with Crippen LogP contribution in [0.5, 0.6) is 0 Å². The first kappa shape index (κ1) is 20.8. The van der Waals surface area contributed by atoms with Crippen molar-refractivity contribution in [3.8, 4) is 11.8 Å². The first-order chi connectivity index (χ1) is 14.3. The van der Waals surface area contributed by atoms with Crippen molar-refractivity contribution in [1.29, 1.82) is 0 Å². The average Bonchev–Trinajstić information content (AvgIpc) is 3.07. The van der Waals surface area contributed by atoms with Gasteiger partial charge in [-0.1, -0.05) is 40.9 Å². The first-order valence-electron chi connectivity index (χ1n) is 9.63. The molecular formula is C23H22ClN3O2S. The van der Waals surface area contributed by atoms with Crippen molar-refractivity contribution in [2.75, 3.05) is 4.72 Å². The summed E-state index contributed by atoms with van der Waals surface area (Å²) in [6.07, 6.45) is 6.62. The SMILES string of the molecule is Cc1cc2c(cc1C#CC1=NC=CCC=C1SNc1noc(C)c1Cl)C(C)(C)OC2. The molecular weight excluding hydrogens is 418 g/mol. The van der Waals surface area contributed by atoms with E-state index < -0.39 is 0 Å². The van der Waals surface area contributed by atoms with E-state index in [1.165, 1.54) is 23.1 Å². The standard InChI is InChI=1S/C23H22ClN3O2S/c1-14-11-17-13-28-23(3,4)18(17)12-16(14)8-9-19-20(7-5-6-10-25-19)30-27-22-21(24)15(2)29-26-22/h6-7,10-12H,5,13H2,1-4H3,(H,26,27). The normalized spacial score (nSPS) is 16.8. The van der Waals surface area contributed by atoms with Crippen LogP contribution in [0, 0.1) is 25.7 Å². The van der Waals surface area contributed by atoms with Gasteiger partial charge in [-0.05, 0) is 74.7 Å². The van der Waals surface area contributed by atoms with Crippen molar-refractivity contribution >= 4 is 35.1 Å². The number of aliphatic imine (C=N–C) groups is 1. The van der Waals surface area contributed by atoms with Gasteiger partial charge in [-0.2, -0.15) is 0 Å². The number of ether oxygens (including phenoxy) is 1. The highest BCUT2D eigenvalue weighted by molar-refractivity contribution is 8.05. The number of allylic oxidation sites excluding steroid dienone is 3. The smallest absolute Gasteiger partial charge is 0.198 e. The van der Waals surface area contributed by atoms with Gasteiger partial charge in [-0.3, -0.25) is 0 Å². The third-order valence-electron chi connectivity index (χ3n) is 5.03. The minimum absolute atomic E-state index is 0.290. The second-order valence-electron chi connectivity index (χ2n) is 7.65. The number of nitrogens with one attached hydrogen (secondary N) is 1. The Kier molecular flexibility index (Phi) is 5.79. The molecule has 0 atom stereocenters. The number of aryl methyl sites for hydroxylation is 2. The van der Waals surface area contributed by atoms with Crippen LogP contribution in [0.3, 0.4) is 0 Å². The van der Waals surface area contributed by atoms with Crippen LogP contribution in [0.1, 0.15) is 48.3 Å². The summed E-state index contributed by atoms with van der Waals surface area (Å²) in [6, 6.07) is 4.31. The summed E-state index contributed by atoms with van der Waals surface area (Å²) in [5, 5.41) is 4.40. The van der Waals surface area contributed by atoms with Crippen molar-refractivity contribution in [2.45, 2.75) is 46.3 Å². The van der Waals surface area contributed by atoms with Crippen molar-refractivity contribution in [2.24, 2.45) is 4.99 Å². The van der Waals surface area contributed by atoms with Crippen LogP contribution >= 0.6 is 23.5 Å². The molecule has 0 radical (unpaired) electrons. The molecule has 0 spiro atoms. The van der Waals surface area contributed by atoms with Gasteiger partial charge in [0, 0.05) is 11.8 Å². The molecule has 2 aliphatic heterocycles. The monoisotopic (exact) mass is 439 g/mol. The summed E-state index contributed by atoms with van der Waals surface area (Å²) in [4.78, 5) is 5.43. The van der Waals surface area contributed by atoms with E-state index in [-0.39, 0.29) is 5.60 Å². The molecule has 30 heavy (non-hydrogen) atoms. The van der Waals surface area contributed by atoms with Gasteiger partial charge in [0.2, 0.25) is 0 Å². The number of hydrogen-bond acceptors (Lipinski definition) is 6. The Morgan fingerprint density at radius 3 is 2.83 bits per heavy atom. The minimum atomic E-state index is -0.290. The molecule has 154 valence electrons. The first-order valence-corrected chi connectivity index (χ1v) is 10.8. The Balaban J connectivity index is 1.59. The molecule has 1 aromatic heterocycles. The van der Waals surface area contributed by atoms with E-state index in [4.69, 9.17) is 20.9 Å². The summed E-state index contributed by atoms with van der Waals surface area (Å²) < 4.78 is 14.1. The van der Waals surface area contributed by atoms with Crippen molar-refractivity contribution in [3.05, 3.63) is 68.4 Å². The van der Waals surface area contributed by atoms with Crippen molar-refractivity contribution < 1.29 is 9.26 Å². The van der Waals surface area contributed by atoms with Gasteiger partial charge in [0.05, 0.1) is 17.1 Å². The lowest BCUT2D eigenvalue weighted by atomic mass is 9.92. The quantitative estimate of drug-likeness (QED) is 0.465. The van der Waals surface area contributed by atoms with Gasteiger partial charge >= 0.3 is 0 Å². The molecule has 0 unspecified atom stereocenters. The molecule has 2 aromatic rings. The summed E-state index contributed by atoms with van der Waals surface area (Å²) in [5.41, 5.74) is 4.94. The Labute approximate surface area is 185 Å². The van der Waals surface area contributed by atoms with E-state index in [0.717, 1.165) is 22.5 Å². The summed E-state index contributed by atoms with van der Waals surface area (Å²) in [6.45, 7) is 8.67. The molecule has 0 bridgehead atoms. The van der Waals surface area contributed by atoms with Crippen LogP contribution < -0.4 is 4.72 Å². The number of fused-ring (bicyclic) bond motifs is 1. The number of rotatable bonds is 3. The number of anilines is 1. The maximum Gasteiger partial charge on any atom is 0.198 e. The van der Waals surface area contributed by atoms with Crippen LogP contribution in [0.25, 0.3) is 0 Å². The van der Waals surface area contributed by atoms with E-state index in [1.54, 1.807) is 13.1 Å². The molecule has 1 N–H and O–H groups in total. The molecule has 0 amide bonds. The van der Waals surface area contributed by atoms with E-state index in [0.29, 0.717) is 28.9 Å². The zero-order valence-corrected chi connectivity index (χ0v) is 18.9. The zero-order chi connectivity index (χ0) is 21.3. The summed E-state index contributed by atoms with van der Waals surface area (Å²) in [5.74, 6) is 7.62. The lowest BCUT2D eigenvalue weighted by molar-refractivity contribution is -0.00790. The highest BCUT2D eigenvalue weighted by Crippen LogP contribution is 2.37. The van der Waals surface area contributed by atoms with Gasteiger partial charge in [-0.25, -0.2) is 4.99 Å². The van der Waals surface area contributed by atoms with Gasteiger partial charge in [0.25, 0.3) is 0 Å². The van der Waals surface area contributed by atoms with Gasteiger partial charge in [-0.15, -0.1) is 0 Å². The van der Waals surface area contributed by atoms with Gasteiger partial charge < -0.3 is 14.0 Å². The molecule has 3 heterocycles. The zero-order valence-electron chi connectivity index (χ0n) is 17.3. The van der Waals surface area contributed by atoms with Crippen LogP contribution in [0.2, 0.25) is 5.02 Å². The molecule has 7 heteroatoms. The van der Waals surface area contributed by atoms with E-state index in [2.05, 4.69) is 65.7 Å². The van der Waals surface area contributed by atoms with E-state index in [9.17, 15) is 0 Å². The number of hydrogen-bond donors (Lipinski definition) is 1. The lowest BCUT2D eigenvalue weighted by Gasteiger charge is -2.18. The number of benzene rings is 1. The Morgan fingerprint density at radius 2 is 2.07 bits per heavy atom. The van der Waals surface area contributed by atoms with Crippen LogP contribution in [-0.2, 0) is 16.9 Å². The van der Waals surface area contributed by atoms with E-state index in [1.807, 2.05) is 6.08 Å². The van der Waals surface area contributed by atoms with Crippen LogP contribution in [0.15, 0.2) is 44.9 Å². The summed E-state index contributed by atoms with van der Waals surface area (Å²) >= 11 is 7.56. The molecule has 0 fully saturated rings. The van der Waals surface area contributed by atoms with Crippen molar-refractivity contribution in [1.82, 2.24) is 5.16 Å². The third-order valence-corrected chi connectivity index (χ3v) is 6.35. The fraction of sp³-hybridized carbons (Fsp3) is 0.304. The second kappa shape index (κ2) is 8.35. The predicted octanol–water partition coefficient (Wildman–Crippen LogP) is 6.06. The molecule has 1 aromatic carbocycles. The molecule has 0 saturated carbocycles. The molecule has 0 aliphatic carbocycles. The lowest BCUT2D eigenvalue weighted by Crippen LogP contribution is -2.14. The number of nitrogens with zero attached hydrogens (tertiary/aromatic N) is 2. The highest BCUT2D eigenvalue weighted by Gasteiger charge is 2.31. The fourth-order valence-electron chi connectivity index (χ4n) is 3.28. The minimum Gasteiger partial charge on any atom is -0.366 e. The highest BCUT2D eigenvalue weighted by atomic mass is 35.5. The number of aromatic nitrogens is 1.